The summed E-state index contributed by atoms with van der Waals surface area (Å²) in [6, 6.07) is 0. The van der Waals surface area contributed by atoms with E-state index < -0.39 is 0 Å². The van der Waals surface area contributed by atoms with E-state index in [9.17, 15) is 4.79 Å². The van der Waals surface area contributed by atoms with Crippen LogP contribution in [0.25, 0.3) is 0 Å². The number of carbonyl (C=O) groups excluding carboxylic acids is 1. The van der Waals surface area contributed by atoms with Crippen molar-refractivity contribution in [3.8, 4) is 0 Å². The molecule has 0 unspecified atom stereocenters. The largest absolute Gasteiger partial charge is 0.370 e. The Morgan fingerprint density at radius 1 is 1.58 bits per heavy atom. The molecule has 0 spiro atoms. The number of halogens is 1. The van der Waals surface area contributed by atoms with E-state index >= 15 is 0 Å². The zero-order chi connectivity index (χ0) is 9.78. The second-order valence-corrected chi connectivity index (χ2v) is 4.06. The van der Waals surface area contributed by atoms with Crippen LogP contribution in [0.1, 0.15) is 33.1 Å². The maximum absolute atomic E-state index is 10.4. The van der Waals surface area contributed by atoms with Crippen molar-refractivity contribution in [1.29, 1.82) is 0 Å². The SMILES string of the molecule is C=C(Cl)C(C)(C)CCCC(N)=O. The van der Waals surface area contributed by atoms with Gasteiger partial charge in [0.05, 0.1) is 0 Å². The van der Waals surface area contributed by atoms with Gasteiger partial charge in [0, 0.05) is 11.5 Å². The van der Waals surface area contributed by atoms with Crippen LogP contribution in [0.15, 0.2) is 11.6 Å². The first kappa shape index (κ1) is 11.5. The lowest BCUT2D eigenvalue weighted by molar-refractivity contribution is -0.118. The number of primary amides is 1. The zero-order valence-corrected chi connectivity index (χ0v) is 8.45. The van der Waals surface area contributed by atoms with E-state index in [2.05, 4.69) is 6.58 Å². The molecule has 0 fully saturated rings. The molecule has 0 bridgehead atoms. The van der Waals surface area contributed by atoms with E-state index in [4.69, 9.17) is 17.3 Å². The summed E-state index contributed by atoms with van der Waals surface area (Å²) in [5.74, 6) is -0.258. The number of hydrogen-bond donors (Lipinski definition) is 1. The van der Waals surface area contributed by atoms with Gasteiger partial charge in [-0.05, 0) is 18.3 Å². The third-order valence-electron chi connectivity index (χ3n) is 1.96. The summed E-state index contributed by atoms with van der Waals surface area (Å²) in [5, 5.41) is 0.631. The summed E-state index contributed by atoms with van der Waals surface area (Å²) < 4.78 is 0. The third kappa shape index (κ3) is 4.39. The highest BCUT2D eigenvalue weighted by atomic mass is 35.5. The highest BCUT2D eigenvalue weighted by Gasteiger charge is 2.19. The average Bonchev–Trinajstić information content (AvgIpc) is 1.85. The molecule has 2 nitrogen and oxygen atoms in total. The summed E-state index contributed by atoms with van der Waals surface area (Å²) in [6.45, 7) is 7.68. The predicted molar refractivity (Wildman–Crippen MR) is 51.8 cm³/mol. The Morgan fingerprint density at radius 2 is 2.08 bits per heavy atom. The Morgan fingerprint density at radius 3 is 2.42 bits per heavy atom. The number of rotatable bonds is 5. The minimum absolute atomic E-state index is 0.100. The molecule has 1 amide bonds. The van der Waals surface area contributed by atoms with Gasteiger partial charge in [-0.2, -0.15) is 0 Å². The van der Waals surface area contributed by atoms with Gasteiger partial charge < -0.3 is 5.73 Å². The average molecular weight is 190 g/mol. The van der Waals surface area contributed by atoms with Crippen molar-refractivity contribution in [2.24, 2.45) is 11.1 Å². The summed E-state index contributed by atoms with van der Waals surface area (Å²) in [5.41, 5.74) is 4.90. The van der Waals surface area contributed by atoms with Crippen molar-refractivity contribution in [2.45, 2.75) is 33.1 Å². The second kappa shape index (κ2) is 4.51. The van der Waals surface area contributed by atoms with E-state index in [0.29, 0.717) is 11.5 Å². The van der Waals surface area contributed by atoms with E-state index in [-0.39, 0.29) is 11.3 Å². The molecule has 0 radical (unpaired) electrons. The number of nitrogens with two attached hydrogens (primary N) is 1. The lowest BCUT2D eigenvalue weighted by Crippen LogP contribution is -2.14. The van der Waals surface area contributed by atoms with Crippen molar-refractivity contribution in [3.63, 3.8) is 0 Å². The molecule has 0 aromatic heterocycles. The molecule has 2 N–H and O–H groups in total. The number of allylic oxidation sites excluding steroid dienone is 1. The molecule has 0 aliphatic carbocycles. The minimum atomic E-state index is -0.258. The van der Waals surface area contributed by atoms with Crippen molar-refractivity contribution >= 4 is 17.5 Å². The van der Waals surface area contributed by atoms with E-state index in [1.54, 1.807) is 0 Å². The lowest BCUT2D eigenvalue weighted by Gasteiger charge is -2.22. The molecule has 0 heterocycles. The molecule has 0 saturated carbocycles. The van der Waals surface area contributed by atoms with E-state index in [0.717, 1.165) is 12.8 Å². The number of amides is 1. The summed E-state index contributed by atoms with van der Waals surface area (Å²) in [6.07, 6.45) is 2.04. The van der Waals surface area contributed by atoms with Crippen molar-refractivity contribution in [1.82, 2.24) is 0 Å². The highest BCUT2D eigenvalue weighted by molar-refractivity contribution is 6.29. The quantitative estimate of drug-likeness (QED) is 0.709. The van der Waals surface area contributed by atoms with E-state index in [1.807, 2.05) is 13.8 Å². The molecule has 0 aliphatic rings. The van der Waals surface area contributed by atoms with Gasteiger partial charge in [-0.15, -0.1) is 0 Å². The van der Waals surface area contributed by atoms with Crippen molar-refractivity contribution < 1.29 is 4.79 Å². The fraction of sp³-hybridized carbons (Fsp3) is 0.667. The molecule has 0 aromatic carbocycles. The summed E-state index contributed by atoms with van der Waals surface area (Å²) in [7, 11) is 0. The van der Waals surface area contributed by atoms with Crippen LogP contribution in [0.5, 0.6) is 0 Å². The van der Waals surface area contributed by atoms with Gasteiger partial charge >= 0.3 is 0 Å². The highest BCUT2D eigenvalue weighted by Crippen LogP contribution is 2.33. The van der Waals surface area contributed by atoms with Gasteiger partial charge in [0.15, 0.2) is 0 Å². The molecule has 70 valence electrons. The molecular formula is C9H16ClNO. The minimum Gasteiger partial charge on any atom is -0.370 e. The van der Waals surface area contributed by atoms with Crippen LogP contribution in [0.2, 0.25) is 0 Å². The Labute approximate surface area is 78.8 Å². The van der Waals surface area contributed by atoms with Crippen LogP contribution in [0.3, 0.4) is 0 Å². The van der Waals surface area contributed by atoms with Crippen LogP contribution in [0, 0.1) is 5.41 Å². The molecule has 3 heteroatoms. The molecule has 0 aliphatic heterocycles. The predicted octanol–water partition coefficient (Wildman–Crippen LogP) is 2.42. The molecule has 0 aromatic rings. The second-order valence-electron chi connectivity index (χ2n) is 3.61. The maximum Gasteiger partial charge on any atom is 0.217 e. The van der Waals surface area contributed by atoms with Crippen LogP contribution >= 0.6 is 11.6 Å². The summed E-state index contributed by atoms with van der Waals surface area (Å²) in [4.78, 5) is 10.4. The monoisotopic (exact) mass is 189 g/mol. The summed E-state index contributed by atoms with van der Waals surface area (Å²) >= 11 is 5.77. The Bertz CT molecular complexity index is 187. The standard InChI is InChI=1S/C9H16ClNO/c1-7(10)9(2,3)6-4-5-8(11)12/h1,4-6H2,2-3H3,(H2,11,12). The first-order chi connectivity index (χ1) is 5.36. The first-order valence-electron chi connectivity index (χ1n) is 3.99. The molecule has 0 saturated heterocycles. The molecule has 0 atom stereocenters. The van der Waals surface area contributed by atoms with Gasteiger partial charge in [0.25, 0.3) is 0 Å². The Kier molecular flexibility index (Phi) is 4.32. The Balaban J connectivity index is 3.76. The van der Waals surface area contributed by atoms with Gasteiger partial charge in [0.2, 0.25) is 5.91 Å². The lowest BCUT2D eigenvalue weighted by atomic mass is 9.87. The third-order valence-corrected chi connectivity index (χ3v) is 2.47. The normalized spacial score (nSPS) is 11.2. The number of hydrogen-bond acceptors (Lipinski definition) is 1. The van der Waals surface area contributed by atoms with Gasteiger partial charge in [-0.1, -0.05) is 32.0 Å². The van der Waals surface area contributed by atoms with E-state index in [1.165, 1.54) is 0 Å². The molecule has 0 rings (SSSR count). The topological polar surface area (TPSA) is 43.1 Å². The van der Waals surface area contributed by atoms with Crippen LogP contribution in [0.4, 0.5) is 0 Å². The first-order valence-corrected chi connectivity index (χ1v) is 4.37. The van der Waals surface area contributed by atoms with Crippen LogP contribution in [-0.2, 0) is 4.79 Å². The maximum atomic E-state index is 10.4. The van der Waals surface area contributed by atoms with Gasteiger partial charge in [-0.3, -0.25) is 4.79 Å². The number of carbonyl (C=O) groups is 1. The fourth-order valence-corrected chi connectivity index (χ4v) is 0.935. The van der Waals surface area contributed by atoms with Crippen LogP contribution in [-0.4, -0.2) is 5.91 Å². The smallest absolute Gasteiger partial charge is 0.217 e. The zero-order valence-electron chi connectivity index (χ0n) is 7.69. The van der Waals surface area contributed by atoms with Crippen molar-refractivity contribution in [3.05, 3.63) is 11.6 Å². The Hall–Kier alpha value is -0.500. The fourth-order valence-electron chi connectivity index (χ4n) is 0.840. The molecule has 12 heavy (non-hydrogen) atoms. The van der Waals surface area contributed by atoms with Gasteiger partial charge in [0.1, 0.15) is 0 Å². The van der Waals surface area contributed by atoms with Gasteiger partial charge in [-0.25, -0.2) is 0 Å². The van der Waals surface area contributed by atoms with Crippen molar-refractivity contribution in [2.75, 3.05) is 0 Å². The molecular weight excluding hydrogens is 174 g/mol. The van der Waals surface area contributed by atoms with Crippen LogP contribution < -0.4 is 5.73 Å².